The first-order valence-electron chi connectivity index (χ1n) is 6.72. The SMILES string of the molecule is CC1(C)CCCN(c2ccc([N+](=O)[O-])c(/C(N)=N/O)n2)C1. The van der Waals surface area contributed by atoms with Gasteiger partial charge in [0.25, 0.3) is 5.69 Å². The van der Waals surface area contributed by atoms with Crippen LogP contribution in [0.3, 0.4) is 0 Å². The number of nitro groups is 1. The normalized spacial score (nSPS) is 18.6. The van der Waals surface area contributed by atoms with E-state index >= 15 is 0 Å². The van der Waals surface area contributed by atoms with Crippen LogP contribution in [0.15, 0.2) is 17.3 Å². The van der Waals surface area contributed by atoms with E-state index in [4.69, 9.17) is 10.9 Å². The molecule has 1 aromatic heterocycles. The smallest absolute Gasteiger partial charge is 0.298 e. The molecule has 0 radical (unpaired) electrons. The molecule has 0 amide bonds. The van der Waals surface area contributed by atoms with Gasteiger partial charge >= 0.3 is 0 Å². The Kier molecular flexibility index (Phi) is 3.97. The second-order valence-electron chi connectivity index (χ2n) is 5.97. The number of hydrogen-bond donors (Lipinski definition) is 2. The highest BCUT2D eigenvalue weighted by Crippen LogP contribution is 2.31. The van der Waals surface area contributed by atoms with Crippen LogP contribution in [0.25, 0.3) is 0 Å². The van der Waals surface area contributed by atoms with Crippen LogP contribution in [-0.4, -0.2) is 34.0 Å². The molecule has 8 heteroatoms. The Balaban J connectivity index is 2.40. The predicted molar refractivity (Wildman–Crippen MR) is 78.6 cm³/mol. The van der Waals surface area contributed by atoms with Gasteiger partial charge in [0.2, 0.25) is 0 Å². The highest BCUT2D eigenvalue weighted by molar-refractivity contribution is 5.99. The summed E-state index contributed by atoms with van der Waals surface area (Å²) in [5.74, 6) is 0.245. The molecule has 0 aromatic carbocycles. The van der Waals surface area contributed by atoms with Gasteiger partial charge in [-0.15, -0.1) is 0 Å². The summed E-state index contributed by atoms with van der Waals surface area (Å²) in [5.41, 5.74) is 5.28. The molecule has 0 spiro atoms. The van der Waals surface area contributed by atoms with Gasteiger partial charge in [0.15, 0.2) is 11.5 Å². The zero-order chi connectivity index (χ0) is 15.6. The molecule has 0 unspecified atom stereocenters. The highest BCUT2D eigenvalue weighted by Gasteiger charge is 2.28. The van der Waals surface area contributed by atoms with E-state index in [9.17, 15) is 10.1 Å². The summed E-state index contributed by atoms with van der Waals surface area (Å²) in [6, 6.07) is 2.95. The Labute approximate surface area is 122 Å². The number of pyridine rings is 1. The lowest BCUT2D eigenvalue weighted by Crippen LogP contribution is -2.40. The van der Waals surface area contributed by atoms with Crippen molar-refractivity contribution in [1.82, 2.24) is 4.98 Å². The van der Waals surface area contributed by atoms with Crippen LogP contribution >= 0.6 is 0 Å². The lowest BCUT2D eigenvalue weighted by atomic mass is 9.84. The summed E-state index contributed by atoms with van der Waals surface area (Å²) < 4.78 is 0. The average Bonchev–Trinajstić information content (AvgIpc) is 2.44. The number of piperidine rings is 1. The third kappa shape index (κ3) is 3.21. The summed E-state index contributed by atoms with van der Waals surface area (Å²) in [6.07, 6.45) is 2.16. The molecule has 1 fully saturated rings. The van der Waals surface area contributed by atoms with E-state index in [1.54, 1.807) is 6.07 Å². The molecular formula is C13H19N5O3. The van der Waals surface area contributed by atoms with Crippen molar-refractivity contribution in [3.05, 3.63) is 27.9 Å². The molecule has 1 aliphatic rings. The Bertz CT molecular complexity index is 585. The van der Waals surface area contributed by atoms with E-state index < -0.39 is 4.92 Å². The summed E-state index contributed by atoms with van der Waals surface area (Å²) in [5, 5.41) is 22.6. The maximum Gasteiger partial charge on any atom is 0.298 e. The van der Waals surface area contributed by atoms with Gasteiger partial charge in [-0.3, -0.25) is 10.1 Å². The molecular weight excluding hydrogens is 274 g/mol. The zero-order valence-electron chi connectivity index (χ0n) is 12.1. The number of rotatable bonds is 3. The monoisotopic (exact) mass is 293 g/mol. The van der Waals surface area contributed by atoms with Gasteiger partial charge in [-0.05, 0) is 24.3 Å². The van der Waals surface area contributed by atoms with Crippen molar-refractivity contribution in [2.45, 2.75) is 26.7 Å². The molecule has 114 valence electrons. The second-order valence-corrected chi connectivity index (χ2v) is 5.97. The van der Waals surface area contributed by atoms with Crippen molar-refractivity contribution in [2.75, 3.05) is 18.0 Å². The van der Waals surface area contributed by atoms with E-state index in [1.165, 1.54) is 6.07 Å². The number of nitrogens with two attached hydrogens (primary N) is 1. The number of aromatic nitrogens is 1. The Morgan fingerprint density at radius 2 is 2.29 bits per heavy atom. The van der Waals surface area contributed by atoms with Crippen LogP contribution < -0.4 is 10.6 Å². The van der Waals surface area contributed by atoms with E-state index in [0.717, 1.165) is 25.9 Å². The lowest BCUT2D eigenvalue weighted by Gasteiger charge is -2.38. The second kappa shape index (κ2) is 5.55. The van der Waals surface area contributed by atoms with Crippen molar-refractivity contribution in [1.29, 1.82) is 0 Å². The van der Waals surface area contributed by atoms with Crippen LogP contribution in [0.2, 0.25) is 0 Å². The van der Waals surface area contributed by atoms with Gasteiger partial charge < -0.3 is 15.8 Å². The molecule has 1 aromatic rings. The third-order valence-electron chi connectivity index (χ3n) is 3.63. The Morgan fingerprint density at radius 1 is 1.57 bits per heavy atom. The first-order valence-corrected chi connectivity index (χ1v) is 6.72. The molecule has 2 rings (SSSR count). The number of anilines is 1. The minimum atomic E-state index is -0.593. The fourth-order valence-electron chi connectivity index (χ4n) is 2.62. The molecule has 0 bridgehead atoms. The maximum atomic E-state index is 11.0. The topological polar surface area (TPSA) is 118 Å². The van der Waals surface area contributed by atoms with E-state index in [-0.39, 0.29) is 22.6 Å². The maximum absolute atomic E-state index is 11.0. The number of amidine groups is 1. The van der Waals surface area contributed by atoms with E-state index in [0.29, 0.717) is 5.82 Å². The van der Waals surface area contributed by atoms with Crippen LogP contribution in [0.5, 0.6) is 0 Å². The predicted octanol–water partition coefficient (Wildman–Crippen LogP) is 1.71. The highest BCUT2D eigenvalue weighted by atomic mass is 16.6. The first kappa shape index (κ1) is 15.0. The largest absolute Gasteiger partial charge is 0.409 e. The van der Waals surface area contributed by atoms with Gasteiger partial charge in [-0.25, -0.2) is 4.98 Å². The molecule has 0 atom stereocenters. The van der Waals surface area contributed by atoms with Gasteiger partial charge in [-0.1, -0.05) is 19.0 Å². The number of hydrogen-bond acceptors (Lipinski definition) is 6. The van der Waals surface area contributed by atoms with Gasteiger partial charge in [0, 0.05) is 19.2 Å². The van der Waals surface area contributed by atoms with Crippen molar-refractivity contribution in [3.8, 4) is 0 Å². The lowest BCUT2D eigenvalue weighted by molar-refractivity contribution is -0.385. The minimum absolute atomic E-state index is 0.108. The van der Waals surface area contributed by atoms with Crippen LogP contribution in [0.1, 0.15) is 32.4 Å². The quantitative estimate of drug-likeness (QED) is 0.288. The van der Waals surface area contributed by atoms with Crippen LogP contribution in [0.4, 0.5) is 11.5 Å². The van der Waals surface area contributed by atoms with Crippen LogP contribution in [0, 0.1) is 15.5 Å². The average molecular weight is 293 g/mol. The minimum Gasteiger partial charge on any atom is -0.409 e. The molecule has 3 N–H and O–H groups in total. The summed E-state index contributed by atoms with van der Waals surface area (Å²) in [7, 11) is 0. The summed E-state index contributed by atoms with van der Waals surface area (Å²) in [6.45, 7) is 6.00. The van der Waals surface area contributed by atoms with Crippen molar-refractivity contribution in [2.24, 2.45) is 16.3 Å². The van der Waals surface area contributed by atoms with Gasteiger partial charge in [-0.2, -0.15) is 0 Å². The van der Waals surface area contributed by atoms with Crippen molar-refractivity contribution < 1.29 is 10.1 Å². The molecule has 1 saturated heterocycles. The molecule has 21 heavy (non-hydrogen) atoms. The van der Waals surface area contributed by atoms with Crippen molar-refractivity contribution in [3.63, 3.8) is 0 Å². The van der Waals surface area contributed by atoms with E-state index in [1.807, 2.05) is 0 Å². The Hall–Kier alpha value is -2.38. The van der Waals surface area contributed by atoms with E-state index in [2.05, 4.69) is 28.9 Å². The molecule has 1 aliphatic heterocycles. The Morgan fingerprint density at radius 3 is 2.86 bits per heavy atom. The third-order valence-corrected chi connectivity index (χ3v) is 3.63. The van der Waals surface area contributed by atoms with Crippen LogP contribution in [-0.2, 0) is 0 Å². The first-order chi connectivity index (χ1) is 9.84. The fourth-order valence-corrected chi connectivity index (χ4v) is 2.62. The molecule has 8 nitrogen and oxygen atoms in total. The summed E-state index contributed by atoms with van der Waals surface area (Å²) >= 11 is 0. The van der Waals surface area contributed by atoms with Crippen molar-refractivity contribution >= 4 is 17.3 Å². The van der Waals surface area contributed by atoms with Gasteiger partial charge in [0.1, 0.15) is 5.82 Å². The molecule has 0 saturated carbocycles. The standard InChI is InChI=1S/C13H19N5O3/c1-13(2)6-3-7-17(8-13)10-5-4-9(18(20)21)11(15-10)12(14)16-19/h4-5,19H,3,6-8H2,1-2H3,(H2,14,16). The molecule has 0 aliphatic carbocycles. The zero-order valence-corrected chi connectivity index (χ0v) is 12.1. The molecule has 2 heterocycles. The fraction of sp³-hybridized carbons (Fsp3) is 0.538. The number of oxime groups is 1. The number of nitrogens with zero attached hydrogens (tertiary/aromatic N) is 4. The summed E-state index contributed by atoms with van der Waals surface area (Å²) in [4.78, 5) is 16.7. The van der Waals surface area contributed by atoms with Gasteiger partial charge in [0.05, 0.1) is 4.92 Å².